The van der Waals surface area contributed by atoms with Crippen molar-refractivity contribution in [1.29, 1.82) is 0 Å². The Morgan fingerprint density at radius 1 is 1.07 bits per heavy atom. The number of hydrogen-bond acceptors (Lipinski definition) is 5. The molecule has 1 heterocycles. The van der Waals surface area contributed by atoms with Crippen molar-refractivity contribution >= 4 is 22.7 Å². The lowest BCUT2D eigenvalue weighted by Gasteiger charge is -2.32. The van der Waals surface area contributed by atoms with E-state index in [9.17, 15) is 13.5 Å². The summed E-state index contributed by atoms with van der Waals surface area (Å²) >= 11 is 4.48. The first-order valence-corrected chi connectivity index (χ1v) is 12.1. The molecule has 0 spiro atoms. The van der Waals surface area contributed by atoms with Gasteiger partial charge in [-0.1, -0.05) is 36.8 Å². The van der Waals surface area contributed by atoms with Gasteiger partial charge >= 0.3 is 0 Å². The molecule has 29 heavy (non-hydrogen) atoms. The quantitative estimate of drug-likeness (QED) is 0.625. The molecule has 2 aromatic carbocycles. The molecule has 1 N–H and O–H groups in total. The molecule has 0 unspecified atom stereocenters. The van der Waals surface area contributed by atoms with Crippen LogP contribution in [0.15, 0.2) is 58.3 Å². The molecule has 0 bridgehead atoms. The molecule has 0 saturated carbocycles. The molecule has 1 aliphatic rings. The molecule has 1 fully saturated rings. The van der Waals surface area contributed by atoms with Crippen molar-refractivity contribution in [3.63, 3.8) is 0 Å². The Labute approximate surface area is 179 Å². The van der Waals surface area contributed by atoms with Crippen LogP contribution in [0, 0.1) is 0 Å². The molecule has 1 aliphatic heterocycles. The summed E-state index contributed by atoms with van der Waals surface area (Å²) in [7, 11) is -3.69. The van der Waals surface area contributed by atoms with Crippen LogP contribution in [0.25, 0.3) is 11.1 Å². The lowest BCUT2D eigenvalue weighted by molar-refractivity contribution is 0.168. The van der Waals surface area contributed by atoms with Crippen LogP contribution in [0.3, 0.4) is 0 Å². The van der Waals surface area contributed by atoms with Crippen LogP contribution in [-0.2, 0) is 10.0 Å². The first-order chi connectivity index (χ1) is 13.9. The summed E-state index contributed by atoms with van der Waals surface area (Å²) in [4.78, 5) is 3.40. The van der Waals surface area contributed by atoms with E-state index in [0.29, 0.717) is 13.1 Å². The van der Waals surface area contributed by atoms with Gasteiger partial charge in [0.15, 0.2) is 0 Å². The monoisotopic (exact) mass is 434 g/mol. The van der Waals surface area contributed by atoms with Crippen molar-refractivity contribution in [3.05, 3.63) is 48.5 Å². The fourth-order valence-corrected chi connectivity index (χ4v) is 5.65. The average Bonchev–Trinajstić information content (AvgIpc) is 2.74. The highest BCUT2D eigenvalue weighted by molar-refractivity contribution is 7.89. The second kappa shape index (κ2) is 10.1. The van der Waals surface area contributed by atoms with Gasteiger partial charge in [0, 0.05) is 24.0 Å². The fourth-order valence-electron chi connectivity index (χ4n) is 3.75. The van der Waals surface area contributed by atoms with Crippen LogP contribution in [-0.4, -0.2) is 61.6 Å². The highest BCUT2D eigenvalue weighted by Gasteiger charge is 2.29. The van der Waals surface area contributed by atoms with Crippen molar-refractivity contribution in [3.8, 4) is 11.1 Å². The maximum absolute atomic E-state index is 13.3. The number of hydrogen-bond donors (Lipinski definition) is 2. The number of benzene rings is 2. The van der Waals surface area contributed by atoms with E-state index in [4.69, 9.17) is 0 Å². The maximum atomic E-state index is 13.3. The van der Waals surface area contributed by atoms with E-state index in [1.165, 1.54) is 10.7 Å². The Balaban J connectivity index is 1.80. The Kier molecular flexibility index (Phi) is 7.76. The molecule has 0 amide bonds. The largest absolute Gasteiger partial charge is 0.395 e. The van der Waals surface area contributed by atoms with Gasteiger partial charge in [0.2, 0.25) is 10.0 Å². The Hall–Kier alpha value is -1.38. The first kappa shape index (κ1) is 22.3. The van der Waals surface area contributed by atoms with E-state index in [2.05, 4.69) is 17.5 Å². The second-order valence-corrected chi connectivity index (χ2v) is 9.96. The standard InChI is InChI=1S/C22H30N2O3S2/c1-18(17-25)24(16-15-23-13-5-2-6-14-23)29(26,27)20-11-9-19(10-12-20)21-7-3-4-8-22(21)28/h3-4,7-12,18,25,28H,2,5-6,13-17H2,1H3/t18-/m1/s1. The molecule has 0 aromatic heterocycles. The Bertz CT molecular complexity index is 895. The third-order valence-electron chi connectivity index (χ3n) is 5.52. The molecule has 158 valence electrons. The van der Waals surface area contributed by atoms with Gasteiger partial charge in [-0.05, 0) is 62.2 Å². The highest BCUT2D eigenvalue weighted by atomic mass is 32.2. The zero-order valence-corrected chi connectivity index (χ0v) is 18.6. The Morgan fingerprint density at radius 2 is 1.72 bits per heavy atom. The maximum Gasteiger partial charge on any atom is 0.243 e. The third-order valence-corrected chi connectivity index (χ3v) is 7.93. The van der Waals surface area contributed by atoms with Crippen molar-refractivity contribution in [1.82, 2.24) is 9.21 Å². The van der Waals surface area contributed by atoms with Gasteiger partial charge in [0.05, 0.1) is 11.5 Å². The minimum Gasteiger partial charge on any atom is -0.395 e. The van der Waals surface area contributed by atoms with Crippen molar-refractivity contribution < 1.29 is 13.5 Å². The number of aliphatic hydroxyl groups is 1. The fraction of sp³-hybridized carbons (Fsp3) is 0.455. The summed E-state index contributed by atoms with van der Waals surface area (Å²) in [5.74, 6) is 0. The number of nitrogens with zero attached hydrogens (tertiary/aromatic N) is 2. The lowest BCUT2D eigenvalue weighted by Crippen LogP contribution is -2.45. The summed E-state index contributed by atoms with van der Waals surface area (Å²) < 4.78 is 28.0. The van der Waals surface area contributed by atoms with Gasteiger partial charge in [-0.3, -0.25) is 0 Å². The Morgan fingerprint density at radius 3 is 2.34 bits per heavy atom. The van der Waals surface area contributed by atoms with Gasteiger partial charge in [-0.15, -0.1) is 12.6 Å². The van der Waals surface area contributed by atoms with Crippen molar-refractivity contribution in [2.45, 2.75) is 42.0 Å². The number of rotatable bonds is 8. The van der Waals surface area contributed by atoms with Crippen LogP contribution >= 0.6 is 12.6 Å². The van der Waals surface area contributed by atoms with E-state index >= 15 is 0 Å². The molecule has 1 saturated heterocycles. The molecular formula is C22H30N2O3S2. The number of aliphatic hydroxyl groups excluding tert-OH is 1. The van der Waals surface area contributed by atoms with Gasteiger partial charge < -0.3 is 10.0 Å². The van der Waals surface area contributed by atoms with Gasteiger partial charge in [-0.2, -0.15) is 4.31 Å². The number of thiol groups is 1. The van der Waals surface area contributed by atoms with Crippen molar-refractivity contribution in [2.24, 2.45) is 0 Å². The summed E-state index contributed by atoms with van der Waals surface area (Å²) in [6, 6.07) is 14.2. The molecule has 3 rings (SSSR count). The summed E-state index contributed by atoms with van der Waals surface area (Å²) in [6.45, 7) is 4.64. The SMILES string of the molecule is C[C@H](CO)N(CCN1CCCCC1)S(=O)(=O)c1ccc(-c2ccccc2S)cc1. The van der Waals surface area contributed by atoms with Crippen LogP contribution in [0.1, 0.15) is 26.2 Å². The topological polar surface area (TPSA) is 60.9 Å². The van der Waals surface area contributed by atoms with Crippen LogP contribution < -0.4 is 0 Å². The highest BCUT2D eigenvalue weighted by Crippen LogP contribution is 2.28. The van der Waals surface area contributed by atoms with Gasteiger partial charge in [0.25, 0.3) is 0 Å². The van der Waals surface area contributed by atoms with E-state index in [1.807, 2.05) is 36.4 Å². The molecule has 1 atom stereocenters. The lowest BCUT2D eigenvalue weighted by atomic mass is 10.1. The van der Waals surface area contributed by atoms with Gasteiger partial charge in [-0.25, -0.2) is 8.42 Å². The number of piperidine rings is 1. The van der Waals surface area contributed by atoms with Crippen LogP contribution in [0.4, 0.5) is 0 Å². The molecule has 5 nitrogen and oxygen atoms in total. The third kappa shape index (κ3) is 5.41. The first-order valence-electron chi connectivity index (χ1n) is 10.2. The van der Waals surface area contributed by atoms with Crippen molar-refractivity contribution in [2.75, 3.05) is 32.8 Å². The van der Waals surface area contributed by atoms with Crippen LogP contribution in [0.5, 0.6) is 0 Å². The predicted molar refractivity (Wildman–Crippen MR) is 120 cm³/mol. The molecular weight excluding hydrogens is 404 g/mol. The summed E-state index contributed by atoms with van der Waals surface area (Å²) in [5.41, 5.74) is 1.88. The zero-order valence-electron chi connectivity index (χ0n) is 16.9. The zero-order chi connectivity index (χ0) is 20.9. The van der Waals surface area contributed by atoms with Crippen LogP contribution in [0.2, 0.25) is 0 Å². The smallest absolute Gasteiger partial charge is 0.243 e. The van der Waals surface area contributed by atoms with E-state index in [1.54, 1.807) is 19.1 Å². The van der Waals surface area contributed by atoms with Gasteiger partial charge in [0.1, 0.15) is 0 Å². The number of sulfonamides is 1. The molecule has 0 radical (unpaired) electrons. The van der Waals surface area contributed by atoms with E-state index in [0.717, 1.165) is 42.0 Å². The normalized spacial score (nSPS) is 16.8. The summed E-state index contributed by atoms with van der Waals surface area (Å²) in [6.07, 6.45) is 3.57. The predicted octanol–water partition coefficient (Wildman–Crippen LogP) is 3.50. The van der Waals surface area contributed by atoms with E-state index in [-0.39, 0.29) is 11.5 Å². The number of likely N-dealkylation sites (tertiary alicyclic amines) is 1. The minimum atomic E-state index is -3.69. The second-order valence-electron chi connectivity index (χ2n) is 7.59. The summed E-state index contributed by atoms with van der Waals surface area (Å²) in [5, 5.41) is 9.65. The average molecular weight is 435 g/mol. The minimum absolute atomic E-state index is 0.204. The molecule has 0 aliphatic carbocycles. The molecule has 7 heteroatoms. The van der Waals surface area contributed by atoms with E-state index < -0.39 is 16.1 Å². The molecule has 2 aromatic rings.